The van der Waals surface area contributed by atoms with Gasteiger partial charge in [-0.3, -0.25) is 0 Å². The van der Waals surface area contributed by atoms with Gasteiger partial charge >= 0.3 is 0 Å². The molecule has 9 aromatic carbocycles. The van der Waals surface area contributed by atoms with E-state index in [0.29, 0.717) is 17.5 Å². The van der Waals surface area contributed by atoms with Crippen LogP contribution in [0.5, 0.6) is 0 Å². The third kappa shape index (κ3) is 5.21. The smallest absolute Gasteiger partial charge is 0.164 e. The predicted molar refractivity (Wildman–Crippen MR) is 238 cm³/mol. The largest absolute Gasteiger partial charge is 0.456 e. The van der Waals surface area contributed by atoms with E-state index in [1.54, 1.807) is 0 Å². The molecular weight excluding hydrogens is 709 g/mol. The Labute approximate surface area is 333 Å². The minimum Gasteiger partial charge on any atom is -0.456 e. The fourth-order valence-corrected chi connectivity index (χ4v) is 8.59. The summed E-state index contributed by atoms with van der Waals surface area (Å²) in [5.74, 6) is 1.86. The van der Waals surface area contributed by atoms with Crippen molar-refractivity contribution in [2.45, 2.75) is 0 Å². The molecule has 12 rings (SSSR count). The van der Waals surface area contributed by atoms with E-state index in [-0.39, 0.29) is 0 Å². The molecule has 0 unspecified atom stereocenters. The molecule has 5 nitrogen and oxygen atoms in total. The molecule has 0 saturated heterocycles. The van der Waals surface area contributed by atoms with Crippen LogP contribution in [0.1, 0.15) is 0 Å². The number of hydrogen-bond acceptors (Lipinski definition) is 4. The standard InChI is InChI=1S/C53H32N4O/c1-3-12-34(13-4-1)51-54-52(35-14-5-2-6-15-35)56-53(55-51)43-20-11-21-48-50(43)42-27-24-40(32-49(42)58-48)33-22-25-41(26-23-33)57-46-30-38-18-9-7-16-36(38)28-44(46)45-29-37-17-8-10-19-39(37)31-47(45)57/h1-32H. The van der Waals surface area contributed by atoms with E-state index >= 15 is 0 Å². The van der Waals surface area contributed by atoms with Crippen molar-refractivity contribution in [3.8, 4) is 51.0 Å². The fourth-order valence-electron chi connectivity index (χ4n) is 8.59. The van der Waals surface area contributed by atoms with Gasteiger partial charge in [0.05, 0.1) is 11.0 Å². The van der Waals surface area contributed by atoms with E-state index in [4.69, 9.17) is 19.4 Å². The fraction of sp³-hybridized carbons (Fsp3) is 0. The first-order chi connectivity index (χ1) is 28.7. The maximum atomic E-state index is 6.58. The topological polar surface area (TPSA) is 56.7 Å². The van der Waals surface area contributed by atoms with Gasteiger partial charge in [-0.2, -0.15) is 0 Å². The van der Waals surface area contributed by atoms with Crippen LogP contribution in [0.4, 0.5) is 0 Å². The summed E-state index contributed by atoms with van der Waals surface area (Å²) in [5, 5.41) is 9.44. The molecule has 0 bridgehead atoms. The second-order valence-electron chi connectivity index (χ2n) is 14.8. The highest BCUT2D eigenvalue weighted by Crippen LogP contribution is 2.40. The molecule has 0 amide bonds. The van der Waals surface area contributed by atoms with Crippen LogP contribution in [0.2, 0.25) is 0 Å². The number of benzene rings is 9. The SMILES string of the molecule is c1ccc(-c2nc(-c3ccccc3)nc(-c3cccc4oc5cc(-c6ccc(-n7c8cc9ccccc9cc8c8cc9ccccc9cc87)cc6)ccc5c34)n2)cc1. The van der Waals surface area contributed by atoms with E-state index in [1.807, 2.05) is 72.8 Å². The van der Waals surface area contributed by atoms with Crippen molar-refractivity contribution in [1.29, 1.82) is 0 Å². The zero-order valence-corrected chi connectivity index (χ0v) is 31.2. The van der Waals surface area contributed by atoms with Crippen LogP contribution >= 0.6 is 0 Å². The molecular formula is C53H32N4O. The summed E-state index contributed by atoms with van der Waals surface area (Å²) >= 11 is 0. The Bertz CT molecular complexity index is 3400. The molecule has 0 fully saturated rings. The van der Waals surface area contributed by atoms with Crippen molar-refractivity contribution in [3.05, 3.63) is 194 Å². The third-order valence-electron chi connectivity index (χ3n) is 11.4. The van der Waals surface area contributed by atoms with Crippen LogP contribution in [-0.4, -0.2) is 19.5 Å². The molecule has 0 atom stereocenters. The molecule has 3 heterocycles. The Balaban J connectivity index is 0.969. The van der Waals surface area contributed by atoms with Crippen molar-refractivity contribution in [1.82, 2.24) is 19.5 Å². The van der Waals surface area contributed by atoms with Crippen LogP contribution in [0.25, 0.3) is 116 Å². The van der Waals surface area contributed by atoms with Gasteiger partial charge in [0.25, 0.3) is 0 Å². The molecule has 0 spiro atoms. The molecule has 270 valence electrons. The highest BCUT2D eigenvalue weighted by Gasteiger charge is 2.19. The average Bonchev–Trinajstić information content (AvgIpc) is 3.82. The zero-order chi connectivity index (χ0) is 38.2. The number of furan rings is 1. The lowest BCUT2D eigenvalue weighted by Crippen LogP contribution is -2.00. The van der Waals surface area contributed by atoms with E-state index in [9.17, 15) is 0 Å². The van der Waals surface area contributed by atoms with Crippen LogP contribution in [0.15, 0.2) is 199 Å². The molecule has 0 aliphatic carbocycles. The highest BCUT2D eigenvalue weighted by molar-refractivity contribution is 6.17. The van der Waals surface area contributed by atoms with Gasteiger partial charge in [-0.15, -0.1) is 0 Å². The number of aromatic nitrogens is 4. The lowest BCUT2D eigenvalue weighted by atomic mass is 10.0. The van der Waals surface area contributed by atoms with Gasteiger partial charge in [0, 0.05) is 43.9 Å². The van der Waals surface area contributed by atoms with Crippen LogP contribution < -0.4 is 0 Å². The Morgan fingerprint density at radius 2 is 0.862 bits per heavy atom. The van der Waals surface area contributed by atoms with Gasteiger partial charge < -0.3 is 8.98 Å². The lowest BCUT2D eigenvalue weighted by molar-refractivity contribution is 0.669. The highest BCUT2D eigenvalue weighted by atomic mass is 16.3. The van der Waals surface area contributed by atoms with Crippen LogP contribution in [-0.2, 0) is 0 Å². The van der Waals surface area contributed by atoms with Crippen LogP contribution in [0, 0.1) is 0 Å². The lowest BCUT2D eigenvalue weighted by Gasteiger charge is -2.10. The van der Waals surface area contributed by atoms with Crippen LogP contribution in [0.3, 0.4) is 0 Å². The summed E-state index contributed by atoms with van der Waals surface area (Å²) in [7, 11) is 0. The van der Waals surface area contributed by atoms with Crippen molar-refractivity contribution >= 4 is 65.3 Å². The molecule has 12 aromatic rings. The Morgan fingerprint density at radius 3 is 1.45 bits per heavy atom. The van der Waals surface area contributed by atoms with Gasteiger partial charge in [0.1, 0.15) is 11.2 Å². The number of rotatable bonds is 5. The molecule has 0 radical (unpaired) electrons. The quantitative estimate of drug-likeness (QED) is 0.176. The minimum absolute atomic E-state index is 0.603. The second-order valence-corrected chi connectivity index (χ2v) is 14.8. The number of hydrogen-bond donors (Lipinski definition) is 0. The van der Waals surface area contributed by atoms with Crippen molar-refractivity contribution in [3.63, 3.8) is 0 Å². The number of nitrogens with zero attached hydrogens (tertiary/aromatic N) is 4. The van der Waals surface area contributed by atoms with Gasteiger partial charge in [0.15, 0.2) is 17.5 Å². The second kappa shape index (κ2) is 12.8. The average molecular weight is 741 g/mol. The molecule has 3 aromatic heterocycles. The Hall–Kier alpha value is -7.89. The summed E-state index contributed by atoms with van der Waals surface area (Å²) < 4.78 is 8.99. The van der Waals surface area contributed by atoms with E-state index in [0.717, 1.165) is 55.4 Å². The molecule has 0 aliphatic rings. The first-order valence-electron chi connectivity index (χ1n) is 19.5. The van der Waals surface area contributed by atoms with Crippen molar-refractivity contribution in [2.24, 2.45) is 0 Å². The summed E-state index contributed by atoms with van der Waals surface area (Å²) in [6.07, 6.45) is 0. The Morgan fingerprint density at radius 1 is 0.345 bits per heavy atom. The van der Waals surface area contributed by atoms with Gasteiger partial charge in [0.2, 0.25) is 0 Å². The number of fused-ring (bicyclic) bond motifs is 8. The molecule has 0 aliphatic heterocycles. The molecule has 58 heavy (non-hydrogen) atoms. The van der Waals surface area contributed by atoms with Gasteiger partial charge in [-0.1, -0.05) is 140 Å². The molecule has 0 N–H and O–H groups in total. The molecule has 5 heteroatoms. The maximum Gasteiger partial charge on any atom is 0.164 e. The summed E-state index contributed by atoms with van der Waals surface area (Å²) in [4.78, 5) is 15.0. The van der Waals surface area contributed by atoms with E-state index in [2.05, 4.69) is 126 Å². The summed E-state index contributed by atoms with van der Waals surface area (Å²) in [6.45, 7) is 0. The Kier molecular flexibility index (Phi) is 7.16. The predicted octanol–water partition coefficient (Wildman–Crippen LogP) is 13.8. The van der Waals surface area contributed by atoms with Gasteiger partial charge in [-0.25, -0.2) is 15.0 Å². The van der Waals surface area contributed by atoms with Crippen molar-refractivity contribution in [2.75, 3.05) is 0 Å². The van der Waals surface area contributed by atoms with E-state index in [1.165, 1.54) is 43.4 Å². The van der Waals surface area contributed by atoms with E-state index < -0.39 is 0 Å². The maximum absolute atomic E-state index is 6.58. The summed E-state index contributed by atoms with van der Waals surface area (Å²) in [6, 6.07) is 68.2. The molecule has 0 saturated carbocycles. The zero-order valence-electron chi connectivity index (χ0n) is 31.2. The first-order valence-corrected chi connectivity index (χ1v) is 19.5. The third-order valence-corrected chi connectivity index (χ3v) is 11.4. The minimum atomic E-state index is 0.603. The summed E-state index contributed by atoms with van der Waals surface area (Å²) in [5.41, 5.74) is 10.1. The van der Waals surface area contributed by atoms with Gasteiger partial charge in [-0.05, 0) is 87.3 Å². The van der Waals surface area contributed by atoms with Crippen molar-refractivity contribution < 1.29 is 4.42 Å². The normalized spacial score (nSPS) is 11.8. The monoisotopic (exact) mass is 740 g/mol. The first kappa shape index (κ1) is 32.4.